The van der Waals surface area contributed by atoms with Crippen molar-refractivity contribution >= 4 is 5.91 Å². The zero-order valence-electron chi connectivity index (χ0n) is 10.5. The lowest BCUT2D eigenvalue weighted by Gasteiger charge is -2.26. The molecule has 17 heavy (non-hydrogen) atoms. The van der Waals surface area contributed by atoms with Gasteiger partial charge < -0.3 is 9.64 Å². The van der Waals surface area contributed by atoms with Crippen LogP contribution in [0.25, 0.3) is 0 Å². The first-order valence-corrected chi connectivity index (χ1v) is 6.15. The van der Waals surface area contributed by atoms with Crippen molar-refractivity contribution in [2.45, 2.75) is 26.2 Å². The van der Waals surface area contributed by atoms with E-state index in [1.807, 2.05) is 24.3 Å². The van der Waals surface area contributed by atoms with E-state index in [0.717, 1.165) is 25.1 Å². The number of amides is 1. The first-order valence-electron chi connectivity index (χ1n) is 6.15. The van der Waals surface area contributed by atoms with E-state index in [-0.39, 0.29) is 5.91 Å². The molecule has 0 aliphatic carbocycles. The van der Waals surface area contributed by atoms with Crippen molar-refractivity contribution in [1.29, 1.82) is 0 Å². The maximum Gasteiger partial charge on any atom is 0.255 e. The van der Waals surface area contributed by atoms with Gasteiger partial charge in [0.25, 0.3) is 5.91 Å². The third-order valence-electron chi connectivity index (χ3n) is 3.08. The number of benzene rings is 1. The van der Waals surface area contributed by atoms with Crippen LogP contribution in [0.1, 0.15) is 42.1 Å². The Balaban J connectivity index is 2.08. The highest BCUT2D eigenvalue weighted by Crippen LogP contribution is 2.16. The number of ether oxygens (including phenoxy) is 1. The highest BCUT2D eigenvalue weighted by atomic mass is 16.5. The average Bonchev–Trinajstić information content (AvgIpc) is 2.39. The van der Waals surface area contributed by atoms with E-state index in [2.05, 4.69) is 13.8 Å². The molecule has 0 aromatic heterocycles. The van der Waals surface area contributed by atoms with Crippen LogP contribution in [-0.4, -0.2) is 30.7 Å². The van der Waals surface area contributed by atoms with Gasteiger partial charge in [-0.15, -0.1) is 0 Å². The van der Waals surface area contributed by atoms with E-state index in [4.69, 9.17) is 4.74 Å². The summed E-state index contributed by atoms with van der Waals surface area (Å²) in [4.78, 5) is 13.9. The van der Waals surface area contributed by atoms with Gasteiger partial charge in [0.05, 0.1) is 6.61 Å². The van der Waals surface area contributed by atoms with E-state index in [1.54, 1.807) is 4.90 Å². The zero-order valence-corrected chi connectivity index (χ0v) is 10.5. The lowest BCUT2D eigenvalue weighted by Crippen LogP contribution is -2.38. The number of nitrogens with zero attached hydrogens (tertiary/aromatic N) is 1. The fraction of sp³-hybridized carbons (Fsp3) is 0.500. The van der Waals surface area contributed by atoms with Crippen molar-refractivity contribution in [2.75, 3.05) is 19.9 Å². The highest BCUT2D eigenvalue weighted by Gasteiger charge is 2.18. The Hall–Kier alpha value is -1.35. The minimum Gasteiger partial charge on any atom is -0.361 e. The third kappa shape index (κ3) is 2.86. The van der Waals surface area contributed by atoms with Gasteiger partial charge in [-0.25, -0.2) is 0 Å². The summed E-state index contributed by atoms with van der Waals surface area (Å²) in [7, 11) is 0. The number of carbonyl (C=O) groups is 1. The van der Waals surface area contributed by atoms with Gasteiger partial charge in [0, 0.05) is 12.1 Å². The molecule has 1 aromatic carbocycles. The molecule has 0 bridgehead atoms. The van der Waals surface area contributed by atoms with E-state index in [0.29, 0.717) is 12.6 Å². The molecule has 1 amide bonds. The molecule has 0 radical (unpaired) electrons. The SMILES string of the molecule is CC(C)c1ccc(C(=O)N2CCCOC2)cc1. The Kier molecular flexibility index (Phi) is 3.79. The Morgan fingerprint density at radius 2 is 2.00 bits per heavy atom. The maximum atomic E-state index is 12.1. The minimum absolute atomic E-state index is 0.0695. The highest BCUT2D eigenvalue weighted by molar-refractivity contribution is 5.94. The Labute approximate surface area is 102 Å². The first-order chi connectivity index (χ1) is 8.18. The van der Waals surface area contributed by atoms with Gasteiger partial charge in [-0.05, 0) is 30.0 Å². The Morgan fingerprint density at radius 1 is 1.29 bits per heavy atom. The van der Waals surface area contributed by atoms with Crippen LogP contribution >= 0.6 is 0 Å². The van der Waals surface area contributed by atoms with Gasteiger partial charge in [0.2, 0.25) is 0 Å². The number of carbonyl (C=O) groups excluding carboxylic acids is 1. The Morgan fingerprint density at radius 3 is 2.53 bits per heavy atom. The lowest BCUT2D eigenvalue weighted by molar-refractivity contribution is -0.00571. The Bertz CT molecular complexity index is 378. The third-order valence-corrected chi connectivity index (χ3v) is 3.08. The standard InChI is InChI=1S/C14H19NO2/c1-11(2)12-4-6-13(7-5-12)14(16)15-8-3-9-17-10-15/h4-7,11H,3,8-10H2,1-2H3. The molecule has 0 saturated carbocycles. The average molecular weight is 233 g/mol. The van der Waals surface area contributed by atoms with Crippen LogP contribution in [0.4, 0.5) is 0 Å². The van der Waals surface area contributed by atoms with Crippen LogP contribution in [0.2, 0.25) is 0 Å². The molecule has 1 aliphatic heterocycles. The largest absolute Gasteiger partial charge is 0.361 e. The molecule has 1 fully saturated rings. The van der Waals surface area contributed by atoms with Crippen molar-refractivity contribution in [2.24, 2.45) is 0 Å². The van der Waals surface area contributed by atoms with Gasteiger partial charge in [-0.2, -0.15) is 0 Å². The van der Waals surface area contributed by atoms with Crippen molar-refractivity contribution in [3.8, 4) is 0 Å². The molecule has 0 unspecified atom stereocenters. The number of hydrogen-bond acceptors (Lipinski definition) is 2. The molecular weight excluding hydrogens is 214 g/mol. The summed E-state index contributed by atoms with van der Waals surface area (Å²) in [5.74, 6) is 0.567. The van der Waals surface area contributed by atoms with Crippen LogP contribution in [0.15, 0.2) is 24.3 Å². The van der Waals surface area contributed by atoms with Gasteiger partial charge >= 0.3 is 0 Å². The zero-order chi connectivity index (χ0) is 12.3. The fourth-order valence-corrected chi connectivity index (χ4v) is 1.95. The molecule has 0 atom stereocenters. The summed E-state index contributed by atoms with van der Waals surface area (Å²) in [5.41, 5.74) is 2.01. The quantitative estimate of drug-likeness (QED) is 0.786. The molecule has 1 aromatic rings. The summed E-state index contributed by atoms with van der Waals surface area (Å²) in [5, 5.41) is 0. The maximum absolute atomic E-state index is 12.1. The summed E-state index contributed by atoms with van der Waals surface area (Å²) >= 11 is 0. The van der Waals surface area contributed by atoms with Crippen LogP contribution in [0.5, 0.6) is 0 Å². The second-order valence-electron chi connectivity index (χ2n) is 4.74. The molecule has 1 saturated heterocycles. The molecule has 0 N–H and O–H groups in total. The summed E-state index contributed by atoms with van der Waals surface area (Å²) < 4.78 is 5.29. The predicted molar refractivity (Wildman–Crippen MR) is 67.0 cm³/mol. The minimum atomic E-state index is 0.0695. The second kappa shape index (κ2) is 5.32. The summed E-state index contributed by atoms with van der Waals surface area (Å²) in [6, 6.07) is 7.88. The smallest absolute Gasteiger partial charge is 0.255 e. The van der Waals surface area contributed by atoms with E-state index < -0.39 is 0 Å². The van der Waals surface area contributed by atoms with Crippen molar-refractivity contribution in [3.63, 3.8) is 0 Å². The van der Waals surface area contributed by atoms with Crippen LogP contribution in [0.3, 0.4) is 0 Å². The predicted octanol–water partition coefficient (Wildman–Crippen LogP) is 2.63. The van der Waals surface area contributed by atoms with E-state index >= 15 is 0 Å². The van der Waals surface area contributed by atoms with Gasteiger partial charge in [-0.3, -0.25) is 4.79 Å². The lowest BCUT2D eigenvalue weighted by atomic mass is 10.0. The van der Waals surface area contributed by atoms with Crippen molar-refractivity contribution < 1.29 is 9.53 Å². The molecule has 1 aliphatic rings. The van der Waals surface area contributed by atoms with Crippen LogP contribution in [0, 0.1) is 0 Å². The van der Waals surface area contributed by atoms with Gasteiger partial charge in [0.15, 0.2) is 0 Å². The van der Waals surface area contributed by atoms with Crippen LogP contribution in [-0.2, 0) is 4.74 Å². The number of hydrogen-bond donors (Lipinski definition) is 0. The molecular formula is C14H19NO2. The van der Waals surface area contributed by atoms with E-state index in [9.17, 15) is 4.79 Å². The summed E-state index contributed by atoms with van der Waals surface area (Å²) in [6.45, 7) is 6.27. The van der Waals surface area contributed by atoms with Crippen LogP contribution < -0.4 is 0 Å². The number of rotatable bonds is 2. The first kappa shape index (κ1) is 12.1. The van der Waals surface area contributed by atoms with Gasteiger partial charge in [-0.1, -0.05) is 26.0 Å². The molecule has 1 heterocycles. The molecule has 3 heteroatoms. The molecule has 3 nitrogen and oxygen atoms in total. The van der Waals surface area contributed by atoms with Crippen molar-refractivity contribution in [3.05, 3.63) is 35.4 Å². The molecule has 92 valence electrons. The van der Waals surface area contributed by atoms with Gasteiger partial charge in [0.1, 0.15) is 6.73 Å². The molecule has 0 spiro atoms. The molecule has 2 rings (SSSR count). The normalized spacial score (nSPS) is 16.3. The monoisotopic (exact) mass is 233 g/mol. The topological polar surface area (TPSA) is 29.5 Å². The van der Waals surface area contributed by atoms with E-state index in [1.165, 1.54) is 5.56 Å². The fourth-order valence-electron chi connectivity index (χ4n) is 1.95. The second-order valence-corrected chi connectivity index (χ2v) is 4.74. The van der Waals surface area contributed by atoms with Crippen molar-refractivity contribution in [1.82, 2.24) is 4.90 Å². The summed E-state index contributed by atoms with van der Waals surface area (Å²) in [6.07, 6.45) is 0.926.